The normalized spacial score (nSPS) is 19.2. The van der Waals surface area contributed by atoms with Crippen molar-refractivity contribution in [2.24, 2.45) is 0 Å². The van der Waals surface area contributed by atoms with Crippen LogP contribution in [0.3, 0.4) is 0 Å². The van der Waals surface area contributed by atoms with Crippen LogP contribution in [0.25, 0.3) is 16.9 Å². The summed E-state index contributed by atoms with van der Waals surface area (Å²) in [4.78, 5) is 38.6. The standard InChI is InChI=1S/C24H28F2N8O4/c1-37-24(36)27-13-20(35)29-15-10-14(11-15)28-18-12-19(32-23(31-18)33-6-8-38-9-7-33)34-17-5-3-2-4-16(17)30-22(34)21(25)26/h2-5,12,14-15,21H,6-11,13H2,1H3,(H,27,36)(H,29,35)(H,28,31,32). The van der Waals surface area contributed by atoms with Crippen molar-refractivity contribution in [3.05, 3.63) is 36.2 Å². The van der Waals surface area contributed by atoms with E-state index in [4.69, 9.17) is 4.74 Å². The fraction of sp³-hybridized carbons (Fsp3) is 0.458. The van der Waals surface area contributed by atoms with Crippen LogP contribution in [0.2, 0.25) is 0 Å². The van der Waals surface area contributed by atoms with Crippen molar-refractivity contribution in [2.75, 3.05) is 50.2 Å². The zero-order valence-electron chi connectivity index (χ0n) is 20.7. The topological polar surface area (TPSA) is 136 Å². The van der Waals surface area contributed by atoms with Gasteiger partial charge in [0.25, 0.3) is 6.43 Å². The van der Waals surface area contributed by atoms with Gasteiger partial charge >= 0.3 is 6.09 Å². The average molecular weight is 531 g/mol. The maximum atomic E-state index is 14.0. The summed E-state index contributed by atoms with van der Waals surface area (Å²) in [6.07, 6.45) is -2.21. The van der Waals surface area contributed by atoms with Gasteiger partial charge in [-0.25, -0.2) is 18.6 Å². The molecule has 0 bridgehead atoms. The molecule has 3 heterocycles. The molecule has 2 aromatic heterocycles. The van der Waals surface area contributed by atoms with E-state index in [1.165, 1.54) is 11.7 Å². The van der Waals surface area contributed by atoms with Crippen LogP contribution >= 0.6 is 0 Å². The van der Waals surface area contributed by atoms with Crippen LogP contribution in [-0.4, -0.2) is 83.6 Å². The number of aromatic nitrogens is 4. The fourth-order valence-electron chi connectivity index (χ4n) is 4.51. The Labute approximate surface area is 216 Å². The number of morpholine rings is 1. The van der Waals surface area contributed by atoms with Crippen molar-refractivity contribution >= 4 is 34.8 Å². The lowest BCUT2D eigenvalue weighted by Gasteiger charge is -2.37. The molecule has 0 atom stereocenters. The molecule has 1 saturated heterocycles. The number of para-hydroxylation sites is 2. The van der Waals surface area contributed by atoms with Crippen molar-refractivity contribution in [3.63, 3.8) is 0 Å². The van der Waals surface area contributed by atoms with Crippen LogP contribution in [0.4, 0.5) is 25.3 Å². The molecule has 1 aromatic carbocycles. The Morgan fingerprint density at radius 3 is 2.63 bits per heavy atom. The number of alkyl carbamates (subject to hydrolysis) is 1. The molecule has 0 spiro atoms. The molecule has 5 rings (SSSR count). The number of rotatable bonds is 8. The molecule has 2 fully saturated rings. The molecule has 2 amide bonds. The van der Waals surface area contributed by atoms with E-state index in [1.807, 2.05) is 4.90 Å². The van der Waals surface area contributed by atoms with Gasteiger partial charge in [-0.3, -0.25) is 9.36 Å². The van der Waals surface area contributed by atoms with Gasteiger partial charge in [0, 0.05) is 31.2 Å². The van der Waals surface area contributed by atoms with E-state index in [-0.39, 0.29) is 30.4 Å². The third kappa shape index (κ3) is 5.59. The summed E-state index contributed by atoms with van der Waals surface area (Å²) in [7, 11) is 1.22. The number of amides is 2. The number of alkyl halides is 2. The molecule has 0 unspecified atom stereocenters. The lowest BCUT2D eigenvalue weighted by molar-refractivity contribution is -0.121. The van der Waals surface area contributed by atoms with Crippen LogP contribution < -0.4 is 20.9 Å². The van der Waals surface area contributed by atoms with Gasteiger partial charge in [-0.1, -0.05) is 12.1 Å². The number of methoxy groups -OCH3 is 1. The third-order valence-corrected chi connectivity index (χ3v) is 6.44. The minimum atomic E-state index is -2.80. The smallest absolute Gasteiger partial charge is 0.407 e. The predicted molar refractivity (Wildman–Crippen MR) is 134 cm³/mol. The first-order chi connectivity index (χ1) is 18.4. The zero-order valence-corrected chi connectivity index (χ0v) is 20.7. The summed E-state index contributed by atoms with van der Waals surface area (Å²) < 4.78 is 39.3. The van der Waals surface area contributed by atoms with Crippen LogP contribution in [0.1, 0.15) is 25.1 Å². The molecule has 0 radical (unpaired) electrons. The number of nitrogens with one attached hydrogen (secondary N) is 3. The molecule has 3 N–H and O–H groups in total. The molecule has 38 heavy (non-hydrogen) atoms. The van der Waals surface area contributed by atoms with Crippen LogP contribution in [0.15, 0.2) is 30.3 Å². The molecule has 1 aliphatic carbocycles. The molecule has 202 valence electrons. The second kappa shape index (κ2) is 11.1. The van der Waals surface area contributed by atoms with Crippen molar-refractivity contribution < 1.29 is 27.8 Å². The van der Waals surface area contributed by atoms with Gasteiger partial charge in [-0.2, -0.15) is 9.97 Å². The van der Waals surface area contributed by atoms with Gasteiger partial charge < -0.3 is 30.3 Å². The Morgan fingerprint density at radius 1 is 1.13 bits per heavy atom. The van der Waals surface area contributed by atoms with Gasteiger partial charge in [0.05, 0.1) is 31.4 Å². The number of hydrogen-bond acceptors (Lipinski definition) is 9. The quantitative estimate of drug-likeness (QED) is 0.400. The number of halogens is 2. The second-order valence-electron chi connectivity index (χ2n) is 9.03. The summed E-state index contributed by atoms with van der Waals surface area (Å²) in [6.45, 7) is 2.01. The van der Waals surface area contributed by atoms with E-state index in [0.717, 1.165) is 0 Å². The van der Waals surface area contributed by atoms with Crippen molar-refractivity contribution in [1.82, 2.24) is 30.2 Å². The van der Waals surface area contributed by atoms with Crippen LogP contribution in [0.5, 0.6) is 0 Å². The molecule has 1 aliphatic heterocycles. The summed E-state index contributed by atoms with van der Waals surface area (Å²) in [5.74, 6) is 0.465. The van der Waals surface area contributed by atoms with Gasteiger partial charge in [-0.05, 0) is 25.0 Å². The summed E-state index contributed by atoms with van der Waals surface area (Å²) >= 11 is 0. The van der Waals surface area contributed by atoms with E-state index in [2.05, 4.69) is 35.6 Å². The van der Waals surface area contributed by atoms with Crippen LogP contribution in [-0.2, 0) is 14.3 Å². The van der Waals surface area contributed by atoms with E-state index in [1.54, 1.807) is 30.3 Å². The average Bonchev–Trinajstić information content (AvgIpc) is 3.31. The number of nitrogens with zero attached hydrogens (tertiary/aromatic N) is 5. The lowest BCUT2D eigenvalue weighted by Crippen LogP contribution is -2.51. The summed E-state index contributed by atoms with van der Waals surface area (Å²) in [5.41, 5.74) is 0.968. The Bertz CT molecular complexity index is 1310. The van der Waals surface area contributed by atoms with Crippen molar-refractivity contribution in [2.45, 2.75) is 31.4 Å². The highest BCUT2D eigenvalue weighted by Crippen LogP contribution is 2.30. The molecule has 3 aromatic rings. The fourth-order valence-corrected chi connectivity index (χ4v) is 4.51. The Morgan fingerprint density at radius 2 is 1.89 bits per heavy atom. The number of imidazole rings is 1. The first-order valence-corrected chi connectivity index (χ1v) is 12.3. The molecule has 12 nitrogen and oxygen atoms in total. The van der Waals surface area contributed by atoms with E-state index >= 15 is 0 Å². The van der Waals surface area contributed by atoms with E-state index < -0.39 is 18.3 Å². The maximum Gasteiger partial charge on any atom is 0.407 e. The highest BCUT2D eigenvalue weighted by Gasteiger charge is 2.31. The summed E-state index contributed by atoms with van der Waals surface area (Å²) in [6, 6.07) is 8.50. The summed E-state index contributed by atoms with van der Waals surface area (Å²) in [5, 5.41) is 8.54. The van der Waals surface area contributed by atoms with Gasteiger partial charge in [0.2, 0.25) is 11.9 Å². The highest BCUT2D eigenvalue weighted by molar-refractivity contribution is 5.82. The third-order valence-electron chi connectivity index (χ3n) is 6.44. The highest BCUT2D eigenvalue weighted by atomic mass is 19.3. The Balaban J connectivity index is 1.36. The first kappa shape index (κ1) is 25.6. The minimum Gasteiger partial charge on any atom is -0.453 e. The number of anilines is 2. The molecule has 14 heteroatoms. The van der Waals surface area contributed by atoms with Crippen molar-refractivity contribution in [3.8, 4) is 5.82 Å². The number of ether oxygens (including phenoxy) is 2. The number of carbonyl (C=O) groups excluding carboxylic acids is 2. The molecular weight excluding hydrogens is 502 g/mol. The molecule has 2 aliphatic rings. The minimum absolute atomic E-state index is 0.00301. The van der Waals surface area contributed by atoms with E-state index in [0.29, 0.717) is 61.9 Å². The second-order valence-corrected chi connectivity index (χ2v) is 9.03. The monoisotopic (exact) mass is 530 g/mol. The van der Waals surface area contributed by atoms with Crippen LogP contribution in [0, 0.1) is 0 Å². The van der Waals surface area contributed by atoms with Crippen molar-refractivity contribution in [1.29, 1.82) is 0 Å². The molecule has 1 saturated carbocycles. The van der Waals surface area contributed by atoms with Gasteiger partial charge in [0.15, 0.2) is 5.82 Å². The number of benzene rings is 1. The predicted octanol–water partition coefficient (Wildman–Crippen LogP) is 2.00. The number of fused-ring (bicyclic) bond motifs is 1. The van der Waals surface area contributed by atoms with Gasteiger partial charge in [-0.15, -0.1) is 0 Å². The van der Waals surface area contributed by atoms with E-state index in [9.17, 15) is 18.4 Å². The number of carbonyl (C=O) groups is 2. The Hall–Kier alpha value is -4.07. The SMILES string of the molecule is COC(=O)NCC(=O)NC1CC(Nc2cc(-n3c(C(F)F)nc4ccccc43)nc(N3CCOCC3)n2)C1. The van der Waals surface area contributed by atoms with Gasteiger partial charge in [0.1, 0.15) is 18.2 Å². The zero-order chi connectivity index (χ0) is 26.6. The Kier molecular flexibility index (Phi) is 7.49. The lowest BCUT2D eigenvalue weighted by atomic mass is 9.86. The first-order valence-electron chi connectivity index (χ1n) is 12.3. The maximum absolute atomic E-state index is 14.0. The molecular formula is C24H28F2N8O4. The largest absolute Gasteiger partial charge is 0.453 e. The number of hydrogen-bond donors (Lipinski definition) is 3.